The number of methoxy groups -OCH3 is 1. The van der Waals surface area contributed by atoms with E-state index in [-0.39, 0.29) is 11.3 Å². The maximum Gasteiger partial charge on any atom is 0.325 e. The molecular weight excluding hydrogens is 268 g/mol. The summed E-state index contributed by atoms with van der Waals surface area (Å²) in [6.07, 6.45) is 0. The van der Waals surface area contributed by atoms with Crippen LogP contribution >= 0.6 is 0 Å². The molecule has 8 nitrogen and oxygen atoms in total. The fourth-order valence-electron chi connectivity index (χ4n) is 2.20. The predicted molar refractivity (Wildman–Crippen MR) is 66.6 cm³/mol. The standard InChI is InChI=1S/C12H12N2O6/c1-20-10(15)6-13-9-5-3-2-4-8(9)12(17,11(13)16)7-14(18)19/h2-5,17H,6-7H2,1H3/t12-/m1/s1. The third kappa shape index (κ3) is 2.10. The lowest BCUT2D eigenvalue weighted by Gasteiger charge is -2.18. The SMILES string of the molecule is COC(=O)CN1C(=O)[C@@](O)(C[N+](=O)[O-])c2ccccc21. The molecule has 0 bridgehead atoms. The highest BCUT2D eigenvalue weighted by atomic mass is 16.6. The lowest BCUT2D eigenvalue weighted by Crippen LogP contribution is -2.46. The van der Waals surface area contributed by atoms with Crippen LogP contribution in [0.15, 0.2) is 24.3 Å². The van der Waals surface area contributed by atoms with E-state index >= 15 is 0 Å². The second-order valence-electron chi connectivity index (χ2n) is 4.34. The molecule has 0 aliphatic carbocycles. The van der Waals surface area contributed by atoms with Gasteiger partial charge >= 0.3 is 5.97 Å². The average molecular weight is 280 g/mol. The Morgan fingerprint density at radius 3 is 2.75 bits per heavy atom. The molecule has 8 heteroatoms. The Kier molecular flexibility index (Phi) is 3.41. The summed E-state index contributed by atoms with van der Waals surface area (Å²) in [4.78, 5) is 34.5. The smallest absolute Gasteiger partial charge is 0.325 e. The number of fused-ring (bicyclic) bond motifs is 1. The summed E-state index contributed by atoms with van der Waals surface area (Å²) >= 11 is 0. The number of para-hydroxylation sites is 1. The van der Waals surface area contributed by atoms with Crippen LogP contribution in [0.3, 0.4) is 0 Å². The fourth-order valence-corrected chi connectivity index (χ4v) is 2.20. The maximum absolute atomic E-state index is 12.2. The molecule has 106 valence electrons. The average Bonchev–Trinajstić information content (AvgIpc) is 2.61. The largest absolute Gasteiger partial charge is 0.468 e. The minimum atomic E-state index is -2.26. The lowest BCUT2D eigenvalue weighted by molar-refractivity contribution is -0.498. The van der Waals surface area contributed by atoms with E-state index in [2.05, 4.69) is 4.74 Å². The van der Waals surface area contributed by atoms with Gasteiger partial charge in [-0.05, 0) is 6.07 Å². The van der Waals surface area contributed by atoms with Gasteiger partial charge in [-0.1, -0.05) is 18.2 Å². The van der Waals surface area contributed by atoms with E-state index in [1.807, 2.05) is 0 Å². The first-order chi connectivity index (χ1) is 9.40. The highest BCUT2D eigenvalue weighted by Gasteiger charge is 2.53. The lowest BCUT2D eigenvalue weighted by atomic mass is 9.96. The van der Waals surface area contributed by atoms with E-state index in [1.165, 1.54) is 12.1 Å². The molecule has 1 aliphatic heterocycles. The topological polar surface area (TPSA) is 110 Å². The van der Waals surface area contributed by atoms with E-state index in [0.717, 1.165) is 12.0 Å². The highest BCUT2D eigenvalue weighted by molar-refractivity contribution is 6.09. The van der Waals surface area contributed by atoms with Crippen LogP contribution in [0.1, 0.15) is 5.56 Å². The van der Waals surface area contributed by atoms with Crippen LogP contribution in [0.2, 0.25) is 0 Å². The summed E-state index contributed by atoms with van der Waals surface area (Å²) in [5, 5.41) is 21.0. The van der Waals surface area contributed by atoms with Gasteiger partial charge in [0.15, 0.2) is 0 Å². The van der Waals surface area contributed by atoms with Crippen LogP contribution in [-0.4, -0.2) is 42.1 Å². The van der Waals surface area contributed by atoms with E-state index in [0.29, 0.717) is 0 Å². The van der Waals surface area contributed by atoms with Crippen molar-refractivity contribution in [1.29, 1.82) is 0 Å². The van der Waals surface area contributed by atoms with Gasteiger partial charge in [-0.15, -0.1) is 0 Å². The van der Waals surface area contributed by atoms with Gasteiger partial charge in [0.05, 0.1) is 12.8 Å². The first-order valence-electron chi connectivity index (χ1n) is 5.72. The molecule has 0 radical (unpaired) electrons. The Morgan fingerprint density at radius 1 is 1.50 bits per heavy atom. The third-order valence-electron chi connectivity index (χ3n) is 3.11. The number of benzene rings is 1. The molecule has 0 spiro atoms. The molecule has 1 aromatic rings. The zero-order valence-corrected chi connectivity index (χ0v) is 10.6. The van der Waals surface area contributed by atoms with Crippen molar-refractivity contribution in [3.05, 3.63) is 39.9 Å². The Hall–Kier alpha value is -2.48. The van der Waals surface area contributed by atoms with Gasteiger partial charge in [0, 0.05) is 10.5 Å². The van der Waals surface area contributed by atoms with Gasteiger partial charge in [0.25, 0.3) is 5.91 Å². The number of hydrogen-bond acceptors (Lipinski definition) is 6. The van der Waals surface area contributed by atoms with Gasteiger partial charge in [-0.2, -0.15) is 0 Å². The van der Waals surface area contributed by atoms with Crippen molar-refractivity contribution in [2.45, 2.75) is 5.60 Å². The monoisotopic (exact) mass is 280 g/mol. The van der Waals surface area contributed by atoms with E-state index < -0.39 is 35.5 Å². The summed E-state index contributed by atoms with van der Waals surface area (Å²) < 4.78 is 4.48. The minimum absolute atomic E-state index is 0.116. The Bertz CT molecular complexity index is 587. The number of carbonyl (C=O) groups excluding carboxylic acids is 2. The highest BCUT2D eigenvalue weighted by Crippen LogP contribution is 2.40. The number of carbonyl (C=O) groups is 2. The van der Waals surface area contributed by atoms with Crippen LogP contribution in [0.25, 0.3) is 0 Å². The number of amides is 1. The summed E-state index contributed by atoms with van der Waals surface area (Å²) in [6, 6.07) is 6.09. The molecule has 0 unspecified atom stereocenters. The second-order valence-corrected chi connectivity index (χ2v) is 4.34. The quantitative estimate of drug-likeness (QED) is 0.459. The van der Waals surface area contributed by atoms with Crippen molar-refractivity contribution < 1.29 is 24.4 Å². The van der Waals surface area contributed by atoms with E-state index in [4.69, 9.17) is 0 Å². The van der Waals surface area contributed by atoms with Crippen LogP contribution < -0.4 is 4.90 Å². The first kappa shape index (κ1) is 13.9. The molecule has 1 atom stereocenters. The molecule has 1 amide bonds. The van der Waals surface area contributed by atoms with Gasteiger partial charge in [0.1, 0.15) is 6.54 Å². The molecule has 2 rings (SSSR count). The summed E-state index contributed by atoms with van der Waals surface area (Å²) in [7, 11) is 1.16. The first-order valence-corrected chi connectivity index (χ1v) is 5.72. The molecule has 1 aliphatic rings. The van der Waals surface area contributed by atoms with Crippen molar-refractivity contribution in [3.63, 3.8) is 0 Å². The summed E-state index contributed by atoms with van der Waals surface area (Å²) in [5.74, 6) is -1.58. The predicted octanol–water partition coefficient (Wildman–Crippen LogP) is -0.329. The minimum Gasteiger partial charge on any atom is -0.468 e. The van der Waals surface area contributed by atoms with Crippen molar-refractivity contribution >= 4 is 17.6 Å². The number of anilines is 1. The number of rotatable bonds is 4. The van der Waals surface area contributed by atoms with Crippen molar-refractivity contribution in [3.8, 4) is 0 Å². The molecule has 0 saturated carbocycles. The fraction of sp³-hybridized carbons (Fsp3) is 0.333. The molecule has 0 fully saturated rings. The molecule has 1 heterocycles. The summed E-state index contributed by atoms with van der Waals surface area (Å²) in [5.41, 5.74) is -1.87. The van der Waals surface area contributed by atoms with Crippen LogP contribution in [0.5, 0.6) is 0 Å². The Morgan fingerprint density at radius 2 is 2.15 bits per heavy atom. The zero-order valence-electron chi connectivity index (χ0n) is 10.6. The molecule has 0 aromatic heterocycles. The molecule has 1 aromatic carbocycles. The van der Waals surface area contributed by atoms with Gasteiger partial charge in [-0.3, -0.25) is 24.6 Å². The number of ether oxygens (including phenoxy) is 1. The maximum atomic E-state index is 12.2. The van der Waals surface area contributed by atoms with Crippen LogP contribution in [-0.2, 0) is 19.9 Å². The van der Waals surface area contributed by atoms with Crippen LogP contribution in [0, 0.1) is 10.1 Å². The van der Waals surface area contributed by atoms with E-state index in [1.54, 1.807) is 12.1 Å². The zero-order chi connectivity index (χ0) is 14.9. The van der Waals surface area contributed by atoms with Crippen molar-refractivity contribution in [2.24, 2.45) is 0 Å². The molecule has 0 saturated heterocycles. The second kappa shape index (κ2) is 4.89. The number of hydrogen-bond donors (Lipinski definition) is 1. The van der Waals surface area contributed by atoms with Crippen LogP contribution in [0.4, 0.5) is 5.69 Å². The van der Waals surface area contributed by atoms with Crippen molar-refractivity contribution in [2.75, 3.05) is 25.1 Å². The van der Waals surface area contributed by atoms with Crippen molar-refractivity contribution in [1.82, 2.24) is 0 Å². The Labute approximate surface area is 113 Å². The normalized spacial score (nSPS) is 20.7. The van der Waals surface area contributed by atoms with E-state index in [9.17, 15) is 24.8 Å². The summed E-state index contributed by atoms with van der Waals surface area (Å²) in [6.45, 7) is -1.37. The third-order valence-corrected chi connectivity index (χ3v) is 3.11. The van der Waals surface area contributed by atoms with Gasteiger partial charge in [-0.25, -0.2) is 0 Å². The number of nitrogens with zero attached hydrogens (tertiary/aromatic N) is 2. The Balaban J connectivity index is 2.46. The molecule has 20 heavy (non-hydrogen) atoms. The molecular formula is C12H12N2O6. The van der Waals surface area contributed by atoms with Gasteiger partial charge in [0.2, 0.25) is 12.1 Å². The number of esters is 1. The molecule has 1 N–H and O–H groups in total. The van der Waals surface area contributed by atoms with Gasteiger partial charge < -0.3 is 9.84 Å². The number of nitro groups is 1. The number of aliphatic hydroxyl groups is 1.